The van der Waals surface area contributed by atoms with Gasteiger partial charge in [-0.2, -0.15) is 4.98 Å². The Morgan fingerprint density at radius 2 is 1.20 bits per heavy atom. The van der Waals surface area contributed by atoms with Crippen LogP contribution in [0.1, 0.15) is 61.9 Å². The molecule has 2 aromatic carbocycles. The minimum atomic E-state index is -0.353. The second-order valence-corrected chi connectivity index (χ2v) is 14.3. The number of ether oxygens (including phenoxy) is 5. The van der Waals surface area contributed by atoms with E-state index in [1.807, 2.05) is 60.7 Å². The molecule has 61 heavy (non-hydrogen) atoms. The number of hydrogen-bond donors (Lipinski definition) is 1. The van der Waals surface area contributed by atoms with Crippen molar-refractivity contribution in [1.29, 1.82) is 0 Å². The molecule has 0 spiro atoms. The summed E-state index contributed by atoms with van der Waals surface area (Å²) in [6.45, 7) is 1.64. The molecule has 2 aliphatic rings. The molecule has 4 atom stereocenters. The average molecular weight is 853 g/mol. The van der Waals surface area contributed by atoms with E-state index in [-0.39, 0.29) is 60.4 Å². The van der Waals surface area contributed by atoms with Gasteiger partial charge in [0, 0.05) is 51.8 Å². The van der Waals surface area contributed by atoms with Crippen LogP contribution in [0.4, 0.5) is 0 Å². The fraction of sp³-hybridized carbons (Fsp3) is 0.364. The highest BCUT2D eigenvalue weighted by atomic mass is 35.5. The van der Waals surface area contributed by atoms with Crippen LogP contribution in [0.2, 0.25) is 5.28 Å². The molecule has 6 heterocycles. The molecule has 2 saturated heterocycles. The van der Waals surface area contributed by atoms with E-state index in [1.165, 1.54) is 33.9 Å². The molecular weight excluding hydrogens is 804 g/mol. The second-order valence-electron chi connectivity index (χ2n) is 14.0. The average Bonchev–Trinajstić information content (AvgIpc) is 3.32. The van der Waals surface area contributed by atoms with E-state index in [0.29, 0.717) is 29.4 Å². The van der Waals surface area contributed by atoms with E-state index < -0.39 is 0 Å². The van der Waals surface area contributed by atoms with Crippen LogP contribution >= 0.6 is 11.6 Å². The molecule has 0 amide bonds. The van der Waals surface area contributed by atoms with E-state index in [2.05, 4.69) is 29.9 Å². The van der Waals surface area contributed by atoms with Crippen LogP contribution in [0.5, 0.6) is 6.01 Å². The number of hydrogen-bond acceptors (Lipinski definition) is 14. The number of rotatable bonds is 12. The minimum Gasteiger partial charge on any atom is -0.461 e. The lowest BCUT2D eigenvalue weighted by Gasteiger charge is -2.28. The number of aliphatic hydroxyl groups excluding tert-OH is 1. The molecule has 0 radical (unpaired) electrons. The Balaban J connectivity index is 0.000000169. The van der Waals surface area contributed by atoms with Gasteiger partial charge < -0.3 is 28.8 Å². The normalized spacial score (nSPS) is 17.1. The lowest BCUT2D eigenvalue weighted by molar-refractivity contribution is -0.196. The van der Waals surface area contributed by atoms with Crippen molar-refractivity contribution in [1.82, 2.24) is 39.0 Å². The van der Waals surface area contributed by atoms with E-state index in [9.17, 15) is 14.7 Å². The summed E-state index contributed by atoms with van der Waals surface area (Å²) in [5.41, 5.74) is 3.53. The first kappa shape index (κ1) is 44.8. The van der Waals surface area contributed by atoms with Gasteiger partial charge in [-0.25, -0.2) is 24.9 Å². The van der Waals surface area contributed by atoms with Gasteiger partial charge in [-0.05, 0) is 73.4 Å². The zero-order chi connectivity index (χ0) is 42.8. The summed E-state index contributed by atoms with van der Waals surface area (Å²) < 4.78 is 31.8. The van der Waals surface area contributed by atoms with Crippen molar-refractivity contribution >= 4 is 11.6 Å². The first-order chi connectivity index (χ1) is 29.8. The molecule has 0 saturated carbocycles. The summed E-state index contributed by atoms with van der Waals surface area (Å²) in [6.07, 6.45) is 11.1. The summed E-state index contributed by atoms with van der Waals surface area (Å²) in [6, 6.07) is 26.0. The number of aromatic nitrogens is 8. The maximum Gasteiger partial charge on any atom is 0.299 e. The van der Waals surface area contributed by atoms with Crippen molar-refractivity contribution in [2.75, 3.05) is 26.4 Å². The van der Waals surface area contributed by atoms with Crippen LogP contribution in [0.25, 0.3) is 22.8 Å². The highest BCUT2D eigenvalue weighted by Crippen LogP contribution is 2.26. The van der Waals surface area contributed by atoms with Gasteiger partial charge in [0.15, 0.2) is 12.6 Å². The highest BCUT2D eigenvalue weighted by Gasteiger charge is 2.23. The molecule has 6 aromatic rings. The fourth-order valence-corrected chi connectivity index (χ4v) is 6.41. The maximum absolute atomic E-state index is 12.4. The Morgan fingerprint density at radius 3 is 1.67 bits per heavy atom. The van der Waals surface area contributed by atoms with Crippen LogP contribution in [0.15, 0.2) is 120 Å². The Bertz CT molecular complexity index is 2330. The van der Waals surface area contributed by atoms with Gasteiger partial charge in [0.1, 0.15) is 31.5 Å². The van der Waals surface area contributed by atoms with Gasteiger partial charge in [-0.15, -0.1) is 0 Å². The fourth-order valence-electron chi connectivity index (χ4n) is 6.24. The number of halogens is 1. The third-order valence-electron chi connectivity index (χ3n) is 9.64. The third kappa shape index (κ3) is 13.4. The van der Waals surface area contributed by atoms with Crippen molar-refractivity contribution in [3.8, 4) is 28.8 Å². The third-order valence-corrected chi connectivity index (χ3v) is 9.98. The van der Waals surface area contributed by atoms with E-state index in [1.54, 1.807) is 38.6 Å². The molecular formula is C44H49ClN8O8. The summed E-state index contributed by atoms with van der Waals surface area (Å²) in [4.78, 5) is 48.2. The van der Waals surface area contributed by atoms with Crippen LogP contribution < -0.4 is 15.9 Å². The van der Waals surface area contributed by atoms with Crippen molar-refractivity contribution in [2.24, 2.45) is 14.1 Å². The molecule has 320 valence electrons. The highest BCUT2D eigenvalue weighted by molar-refractivity contribution is 6.28. The summed E-state index contributed by atoms with van der Waals surface area (Å²) >= 11 is 5.78. The molecule has 16 nitrogen and oxygen atoms in total. The standard InChI is InChI=1S/C22H24N4O4.C13H18O3.C9H7ClN4O/c1-26-20(27)13-18(17-10-11-23-15-24-17)25-22(26)29-14-19(16-7-3-2-4-8-16)30-21-9-5-6-12-28-21;14-10-12(11-6-2-1-3-7-11)16-13-8-4-5-9-15-13;1-14-8(15)4-7(13-9(14)10)6-2-3-11-5-12-6/h2-4,7-8,10-11,13,15,19,21H,5-6,9,12,14H2,1H3;1-3,6-7,12-14H,4-5,8-10H2;2-5H,1H3. The summed E-state index contributed by atoms with van der Waals surface area (Å²) in [7, 11) is 3.18. The Labute approximate surface area is 358 Å². The van der Waals surface area contributed by atoms with Crippen LogP contribution in [0.3, 0.4) is 0 Å². The topological polar surface area (TPSA) is 188 Å². The first-order valence-electron chi connectivity index (χ1n) is 20.0. The molecule has 1 N–H and O–H groups in total. The molecule has 4 unspecified atom stereocenters. The second kappa shape index (κ2) is 23.3. The van der Waals surface area contributed by atoms with E-state index in [4.69, 9.17) is 35.3 Å². The SMILES string of the molecule is Cn1c(Cl)nc(-c2ccncn2)cc1=O.Cn1c(OCC(OC2CCCCO2)c2ccccc2)nc(-c2ccncn2)cc1=O.OCC(OC1CCCCO1)c1ccccc1. The predicted octanol–water partition coefficient (Wildman–Crippen LogP) is 6.05. The van der Waals surface area contributed by atoms with Crippen molar-refractivity contribution in [3.05, 3.63) is 147 Å². The Hall–Kier alpha value is -5.75. The van der Waals surface area contributed by atoms with Gasteiger partial charge in [0.05, 0.1) is 29.4 Å². The smallest absolute Gasteiger partial charge is 0.299 e. The number of nitrogens with zero attached hydrogens (tertiary/aromatic N) is 8. The monoisotopic (exact) mass is 852 g/mol. The lowest BCUT2D eigenvalue weighted by Crippen LogP contribution is -2.28. The Kier molecular flexibility index (Phi) is 17.1. The Morgan fingerprint density at radius 1 is 0.689 bits per heavy atom. The summed E-state index contributed by atoms with van der Waals surface area (Å²) in [5, 5.41) is 9.46. The minimum absolute atomic E-state index is 0.0100. The molecule has 2 fully saturated rings. The van der Waals surface area contributed by atoms with E-state index >= 15 is 0 Å². The maximum atomic E-state index is 12.4. The van der Waals surface area contributed by atoms with Gasteiger partial charge in [0.25, 0.3) is 17.1 Å². The molecule has 0 bridgehead atoms. The lowest BCUT2D eigenvalue weighted by atomic mass is 10.1. The summed E-state index contributed by atoms with van der Waals surface area (Å²) in [5.74, 6) is 0. The van der Waals surface area contributed by atoms with Gasteiger partial charge in [-0.3, -0.25) is 18.7 Å². The van der Waals surface area contributed by atoms with Gasteiger partial charge in [0.2, 0.25) is 5.28 Å². The van der Waals surface area contributed by atoms with E-state index in [0.717, 1.165) is 56.3 Å². The molecule has 17 heteroatoms. The van der Waals surface area contributed by atoms with Gasteiger partial charge in [-0.1, -0.05) is 60.7 Å². The van der Waals surface area contributed by atoms with Crippen LogP contribution in [0, 0.1) is 0 Å². The van der Waals surface area contributed by atoms with Crippen molar-refractivity contribution < 1.29 is 28.8 Å². The zero-order valence-corrected chi connectivity index (χ0v) is 34.8. The first-order valence-corrected chi connectivity index (χ1v) is 20.4. The van der Waals surface area contributed by atoms with Crippen molar-refractivity contribution in [2.45, 2.75) is 63.3 Å². The zero-order valence-electron chi connectivity index (χ0n) is 34.0. The quantitative estimate of drug-likeness (QED) is 0.140. The number of benzene rings is 2. The molecule has 0 aliphatic carbocycles. The predicted molar refractivity (Wildman–Crippen MR) is 226 cm³/mol. The number of aliphatic hydroxyl groups is 1. The molecule has 2 aliphatic heterocycles. The molecule has 4 aromatic heterocycles. The van der Waals surface area contributed by atoms with Gasteiger partial charge >= 0.3 is 0 Å². The van der Waals surface area contributed by atoms with Crippen molar-refractivity contribution in [3.63, 3.8) is 0 Å². The molecule has 8 rings (SSSR count). The van der Waals surface area contributed by atoms with Crippen LogP contribution in [-0.4, -0.2) is 83.2 Å². The largest absolute Gasteiger partial charge is 0.461 e. The van der Waals surface area contributed by atoms with Crippen LogP contribution in [-0.2, 0) is 33.0 Å².